The summed E-state index contributed by atoms with van der Waals surface area (Å²) in [5, 5.41) is 0. The van der Waals surface area contributed by atoms with Gasteiger partial charge in [-0.3, -0.25) is 0 Å². The average Bonchev–Trinajstić information content (AvgIpc) is 2.54. The molecule has 3 aliphatic rings. The molecule has 4 atom stereocenters. The van der Waals surface area contributed by atoms with Crippen molar-refractivity contribution >= 4 is 5.97 Å². The van der Waals surface area contributed by atoms with Gasteiger partial charge in [-0.15, -0.1) is 0 Å². The van der Waals surface area contributed by atoms with E-state index in [1.54, 1.807) is 0 Å². The van der Waals surface area contributed by atoms with Crippen LogP contribution in [0.25, 0.3) is 0 Å². The van der Waals surface area contributed by atoms with Crippen LogP contribution in [0.2, 0.25) is 0 Å². The normalized spacial score (nSPS) is 44.8. The number of hydrogen-bond acceptors (Lipinski definition) is 2. The number of esters is 1. The van der Waals surface area contributed by atoms with Gasteiger partial charge in [0, 0.05) is 17.4 Å². The topological polar surface area (TPSA) is 26.3 Å². The van der Waals surface area contributed by atoms with E-state index in [-0.39, 0.29) is 18.0 Å². The minimum absolute atomic E-state index is 0.0605. The van der Waals surface area contributed by atoms with E-state index in [4.69, 9.17) is 4.74 Å². The Labute approximate surface area is 103 Å². The zero-order valence-corrected chi connectivity index (χ0v) is 10.7. The molecule has 0 N–H and O–H groups in total. The summed E-state index contributed by atoms with van der Waals surface area (Å²) in [7, 11) is 0. The van der Waals surface area contributed by atoms with Crippen LogP contribution in [-0.2, 0) is 9.53 Å². The van der Waals surface area contributed by atoms with E-state index in [9.17, 15) is 4.79 Å². The lowest BCUT2D eigenvalue weighted by Crippen LogP contribution is -2.45. The quantitative estimate of drug-likeness (QED) is 0.364. The fraction of sp³-hybridized carbons (Fsp3) is 0.667. The molecule has 0 aromatic carbocycles. The number of hydrogen-bond donors (Lipinski definition) is 0. The van der Waals surface area contributed by atoms with Crippen molar-refractivity contribution < 1.29 is 9.53 Å². The van der Waals surface area contributed by atoms with Gasteiger partial charge >= 0.3 is 5.97 Å². The molecule has 0 aromatic rings. The fourth-order valence-corrected chi connectivity index (χ4v) is 4.15. The van der Waals surface area contributed by atoms with Crippen molar-refractivity contribution in [3.63, 3.8) is 0 Å². The highest BCUT2D eigenvalue weighted by molar-refractivity contribution is 5.91. The highest BCUT2D eigenvalue weighted by Gasteiger charge is 2.54. The van der Waals surface area contributed by atoms with Crippen molar-refractivity contribution in [3.05, 3.63) is 23.8 Å². The van der Waals surface area contributed by atoms with Gasteiger partial charge in [0.2, 0.25) is 0 Å². The Hall–Kier alpha value is -1.05. The lowest BCUT2D eigenvalue weighted by Gasteiger charge is -2.49. The van der Waals surface area contributed by atoms with Crippen molar-refractivity contribution in [3.8, 4) is 0 Å². The second-order valence-electron chi connectivity index (χ2n) is 6.16. The Kier molecular flexibility index (Phi) is 2.26. The Balaban J connectivity index is 2.00. The molecule has 1 saturated carbocycles. The second kappa shape index (κ2) is 3.47. The van der Waals surface area contributed by atoms with E-state index in [0.29, 0.717) is 16.9 Å². The molecule has 1 saturated heterocycles. The van der Waals surface area contributed by atoms with Crippen molar-refractivity contribution in [2.24, 2.45) is 17.3 Å². The van der Waals surface area contributed by atoms with Gasteiger partial charge in [-0.05, 0) is 38.0 Å². The van der Waals surface area contributed by atoms with Crippen LogP contribution in [-0.4, -0.2) is 12.1 Å². The first kappa shape index (κ1) is 11.1. The van der Waals surface area contributed by atoms with Crippen molar-refractivity contribution in [1.82, 2.24) is 0 Å². The molecule has 1 heterocycles. The van der Waals surface area contributed by atoms with Crippen LogP contribution in [0.3, 0.4) is 0 Å². The van der Waals surface area contributed by atoms with Crippen molar-refractivity contribution in [2.45, 2.75) is 45.6 Å². The highest BCUT2D eigenvalue weighted by atomic mass is 16.6. The molecule has 2 fully saturated rings. The third-order valence-electron chi connectivity index (χ3n) is 5.13. The molecule has 17 heavy (non-hydrogen) atoms. The number of carbonyl (C=O) groups is 1. The number of ether oxygens (including phenoxy) is 1. The summed E-state index contributed by atoms with van der Waals surface area (Å²) in [5.74, 6) is 0.517. The van der Waals surface area contributed by atoms with Crippen LogP contribution in [0, 0.1) is 17.3 Å². The molecular weight excluding hydrogens is 212 g/mol. The van der Waals surface area contributed by atoms with Crippen molar-refractivity contribution in [1.29, 1.82) is 0 Å². The Bertz CT molecular complexity index is 421. The van der Waals surface area contributed by atoms with Gasteiger partial charge < -0.3 is 4.74 Å². The zero-order chi connectivity index (χ0) is 12.2. The molecule has 0 radical (unpaired) electrons. The Morgan fingerprint density at radius 3 is 3.00 bits per heavy atom. The van der Waals surface area contributed by atoms with E-state index in [1.807, 2.05) is 0 Å². The standard InChI is InChI=1S/C15H20O2/c1-9-5-4-7-15(3)8-6-11-10(2)14(16)17-13(11)12(9)15/h5,11-13H,2,4,6-8H2,1,3H3/t11-,12-,13+,15-/m1/s1. The molecule has 0 aromatic heterocycles. The van der Waals surface area contributed by atoms with Gasteiger partial charge in [-0.2, -0.15) is 0 Å². The molecule has 2 heteroatoms. The predicted octanol–water partition coefficient (Wildman–Crippen LogP) is 3.24. The number of fused-ring (bicyclic) bond motifs is 3. The van der Waals surface area contributed by atoms with E-state index in [2.05, 4.69) is 26.5 Å². The number of rotatable bonds is 0. The summed E-state index contributed by atoms with van der Waals surface area (Å²) in [4.78, 5) is 11.7. The lowest BCUT2D eigenvalue weighted by atomic mass is 9.56. The second-order valence-corrected chi connectivity index (χ2v) is 6.16. The van der Waals surface area contributed by atoms with Gasteiger partial charge in [0.25, 0.3) is 0 Å². The molecule has 0 spiro atoms. The van der Waals surface area contributed by atoms with E-state index in [0.717, 1.165) is 6.42 Å². The molecule has 0 bridgehead atoms. The first-order valence-electron chi connectivity index (χ1n) is 6.59. The van der Waals surface area contributed by atoms with Gasteiger partial charge in [-0.1, -0.05) is 25.2 Å². The molecule has 0 amide bonds. The first-order valence-corrected chi connectivity index (χ1v) is 6.59. The van der Waals surface area contributed by atoms with Gasteiger partial charge in [-0.25, -0.2) is 4.79 Å². The molecular formula is C15H20O2. The minimum atomic E-state index is -0.164. The smallest absolute Gasteiger partial charge is 0.334 e. The van der Waals surface area contributed by atoms with Gasteiger partial charge in [0.1, 0.15) is 6.10 Å². The van der Waals surface area contributed by atoms with Crippen LogP contribution < -0.4 is 0 Å². The molecule has 2 nitrogen and oxygen atoms in total. The van der Waals surface area contributed by atoms with Crippen LogP contribution in [0.1, 0.15) is 39.5 Å². The summed E-state index contributed by atoms with van der Waals surface area (Å²) in [6.45, 7) is 8.47. The summed E-state index contributed by atoms with van der Waals surface area (Å²) in [5.41, 5.74) is 2.44. The number of allylic oxidation sites excluding steroid dienone is 1. The number of carbonyl (C=O) groups excluding carboxylic acids is 1. The van der Waals surface area contributed by atoms with Crippen molar-refractivity contribution in [2.75, 3.05) is 0 Å². The molecule has 1 aliphatic heterocycles. The fourth-order valence-electron chi connectivity index (χ4n) is 4.15. The van der Waals surface area contributed by atoms with Crippen LogP contribution in [0.15, 0.2) is 23.8 Å². The average molecular weight is 232 g/mol. The Morgan fingerprint density at radius 1 is 1.47 bits per heavy atom. The third-order valence-corrected chi connectivity index (χ3v) is 5.13. The maximum absolute atomic E-state index is 11.7. The SMILES string of the molecule is C=C1C(=O)O[C@H]2[C@@H]1CC[C@@]1(C)CCC=C(C)[C@H]21. The first-order chi connectivity index (χ1) is 8.03. The van der Waals surface area contributed by atoms with Crippen LogP contribution >= 0.6 is 0 Å². The van der Waals surface area contributed by atoms with E-state index in [1.165, 1.54) is 24.8 Å². The van der Waals surface area contributed by atoms with Crippen LogP contribution in [0.4, 0.5) is 0 Å². The largest absolute Gasteiger partial charge is 0.458 e. The van der Waals surface area contributed by atoms with E-state index < -0.39 is 0 Å². The molecule has 2 aliphatic carbocycles. The molecule has 3 rings (SSSR count). The highest BCUT2D eigenvalue weighted by Crippen LogP contribution is 2.55. The lowest BCUT2D eigenvalue weighted by molar-refractivity contribution is -0.144. The predicted molar refractivity (Wildman–Crippen MR) is 66.3 cm³/mol. The zero-order valence-electron chi connectivity index (χ0n) is 10.7. The summed E-state index contributed by atoms with van der Waals surface area (Å²) in [6.07, 6.45) is 7.04. The molecule has 0 unspecified atom stereocenters. The maximum atomic E-state index is 11.7. The summed E-state index contributed by atoms with van der Waals surface area (Å²) in [6, 6.07) is 0. The minimum Gasteiger partial charge on any atom is -0.458 e. The van der Waals surface area contributed by atoms with Crippen LogP contribution in [0.5, 0.6) is 0 Å². The summed E-state index contributed by atoms with van der Waals surface area (Å²) >= 11 is 0. The Morgan fingerprint density at radius 2 is 2.24 bits per heavy atom. The van der Waals surface area contributed by atoms with Gasteiger partial charge in [0.15, 0.2) is 0 Å². The third kappa shape index (κ3) is 1.42. The maximum Gasteiger partial charge on any atom is 0.334 e. The monoisotopic (exact) mass is 232 g/mol. The van der Waals surface area contributed by atoms with Gasteiger partial charge in [0.05, 0.1) is 0 Å². The molecule has 92 valence electrons. The summed E-state index contributed by atoms with van der Waals surface area (Å²) < 4.78 is 5.60. The van der Waals surface area contributed by atoms with E-state index >= 15 is 0 Å².